The number of aromatic nitrogens is 1. The molecule has 0 saturated heterocycles. The lowest BCUT2D eigenvalue weighted by atomic mass is 10.2. The molecule has 1 aromatic carbocycles. The van der Waals surface area contributed by atoms with Gasteiger partial charge in [-0.25, -0.2) is 4.98 Å². The van der Waals surface area contributed by atoms with Gasteiger partial charge in [-0.3, -0.25) is 4.79 Å². The van der Waals surface area contributed by atoms with Crippen molar-refractivity contribution in [2.24, 2.45) is 0 Å². The van der Waals surface area contributed by atoms with Gasteiger partial charge in [0.05, 0.1) is 29.9 Å². The van der Waals surface area contributed by atoms with Crippen molar-refractivity contribution < 1.29 is 13.9 Å². The van der Waals surface area contributed by atoms with Crippen LogP contribution < -0.4 is 10.1 Å². The molecular weight excluding hydrogens is 348 g/mol. The minimum atomic E-state index is -0.192. The number of hydrogen-bond acceptors (Lipinski definition) is 5. The van der Waals surface area contributed by atoms with Gasteiger partial charge in [0, 0.05) is 5.38 Å². The van der Waals surface area contributed by atoms with Gasteiger partial charge in [-0.2, -0.15) is 0 Å². The Morgan fingerprint density at radius 2 is 2.21 bits per heavy atom. The number of benzene rings is 1. The first-order valence-electron chi connectivity index (χ1n) is 7.20. The third kappa shape index (κ3) is 3.60. The van der Waals surface area contributed by atoms with E-state index in [0.29, 0.717) is 27.9 Å². The monoisotopic (exact) mass is 362 g/mol. The second kappa shape index (κ2) is 7.07. The van der Waals surface area contributed by atoms with E-state index in [9.17, 15) is 4.79 Å². The molecule has 0 unspecified atom stereocenters. The summed E-state index contributed by atoms with van der Waals surface area (Å²) in [6.45, 7) is 1.88. The highest BCUT2D eigenvalue weighted by Gasteiger charge is 2.14. The van der Waals surface area contributed by atoms with E-state index in [1.54, 1.807) is 18.2 Å². The molecule has 5 nitrogen and oxygen atoms in total. The molecule has 24 heavy (non-hydrogen) atoms. The third-order valence-corrected chi connectivity index (χ3v) is 4.49. The maximum atomic E-state index is 12.2. The standard InChI is InChI=1S/C17H15ClN2O3S/c1-10-6-7-14(23-10)17-19-11(9-24-17)8-15(21)20-13-5-3-4-12(18)16(13)22-2/h3-7,9H,8H2,1-2H3,(H,20,21). The van der Waals surface area contributed by atoms with E-state index in [0.717, 1.165) is 10.8 Å². The number of carbonyl (C=O) groups excluding carboxylic acids is 1. The van der Waals surface area contributed by atoms with E-state index in [1.165, 1.54) is 18.4 Å². The Kier molecular flexibility index (Phi) is 4.87. The zero-order valence-electron chi connectivity index (χ0n) is 13.1. The Hall–Kier alpha value is -2.31. The fourth-order valence-electron chi connectivity index (χ4n) is 2.22. The van der Waals surface area contributed by atoms with Gasteiger partial charge in [-0.15, -0.1) is 11.3 Å². The van der Waals surface area contributed by atoms with Crippen LogP contribution in [0, 0.1) is 6.92 Å². The maximum Gasteiger partial charge on any atom is 0.230 e. The number of carbonyl (C=O) groups is 1. The molecule has 0 spiro atoms. The number of halogens is 1. The number of hydrogen-bond donors (Lipinski definition) is 1. The summed E-state index contributed by atoms with van der Waals surface area (Å²) in [7, 11) is 1.51. The lowest BCUT2D eigenvalue weighted by Crippen LogP contribution is -2.15. The van der Waals surface area contributed by atoms with Gasteiger partial charge in [-0.1, -0.05) is 17.7 Å². The van der Waals surface area contributed by atoms with Crippen molar-refractivity contribution in [3.8, 4) is 16.5 Å². The summed E-state index contributed by atoms with van der Waals surface area (Å²) in [4.78, 5) is 16.7. The molecule has 0 atom stereocenters. The van der Waals surface area contributed by atoms with Gasteiger partial charge < -0.3 is 14.5 Å². The molecule has 1 amide bonds. The molecule has 0 aliphatic carbocycles. The highest BCUT2D eigenvalue weighted by Crippen LogP contribution is 2.32. The molecule has 3 aromatic rings. The fraction of sp³-hybridized carbons (Fsp3) is 0.176. The number of furan rings is 1. The number of rotatable bonds is 5. The Labute approximate surface area is 148 Å². The summed E-state index contributed by atoms with van der Waals surface area (Å²) >= 11 is 7.49. The van der Waals surface area contributed by atoms with Gasteiger partial charge in [0.15, 0.2) is 16.5 Å². The smallest absolute Gasteiger partial charge is 0.230 e. The molecule has 124 valence electrons. The van der Waals surface area contributed by atoms with Gasteiger partial charge in [0.25, 0.3) is 0 Å². The molecule has 0 fully saturated rings. The highest BCUT2D eigenvalue weighted by molar-refractivity contribution is 7.13. The number of anilines is 1. The number of ether oxygens (including phenoxy) is 1. The van der Waals surface area contributed by atoms with Crippen molar-refractivity contribution in [3.05, 3.63) is 52.2 Å². The van der Waals surface area contributed by atoms with Crippen molar-refractivity contribution in [2.75, 3.05) is 12.4 Å². The Morgan fingerprint density at radius 3 is 2.92 bits per heavy atom. The van der Waals surface area contributed by atoms with Crippen molar-refractivity contribution in [3.63, 3.8) is 0 Å². The predicted octanol–water partition coefficient (Wildman–Crippen LogP) is 4.55. The SMILES string of the molecule is COc1c(Cl)cccc1NC(=O)Cc1csc(-c2ccc(C)o2)n1. The van der Waals surface area contributed by atoms with Gasteiger partial charge in [0.1, 0.15) is 5.76 Å². The second-order valence-corrected chi connectivity index (χ2v) is 6.37. The van der Waals surface area contributed by atoms with Crippen LogP contribution in [0.2, 0.25) is 5.02 Å². The van der Waals surface area contributed by atoms with Crippen LogP contribution in [0.5, 0.6) is 5.75 Å². The fourth-order valence-corrected chi connectivity index (χ4v) is 3.26. The number of aryl methyl sites for hydroxylation is 1. The molecule has 0 bridgehead atoms. The summed E-state index contributed by atoms with van der Waals surface area (Å²) in [6, 6.07) is 8.94. The van der Waals surface area contributed by atoms with Gasteiger partial charge >= 0.3 is 0 Å². The summed E-state index contributed by atoms with van der Waals surface area (Å²) in [5.41, 5.74) is 1.22. The van der Waals surface area contributed by atoms with Crippen LogP contribution in [0.15, 0.2) is 40.1 Å². The number of nitrogens with zero attached hydrogens (tertiary/aromatic N) is 1. The first-order chi connectivity index (χ1) is 11.6. The van der Waals surface area contributed by atoms with Crippen molar-refractivity contribution in [1.29, 1.82) is 0 Å². The quantitative estimate of drug-likeness (QED) is 0.722. The largest absolute Gasteiger partial charge is 0.493 e. The first-order valence-corrected chi connectivity index (χ1v) is 8.46. The number of thiazole rings is 1. The minimum Gasteiger partial charge on any atom is -0.493 e. The topological polar surface area (TPSA) is 64.4 Å². The van der Waals surface area contributed by atoms with E-state index in [2.05, 4.69) is 10.3 Å². The number of para-hydroxylation sites is 1. The van der Waals surface area contributed by atoms with E-state index >= 15 is 0 Å². The van der Waals surface area contributed by atoms with Crippen LogP contribution >= 0.6 is 22.9 Å². The average Bonchev–Trinajstić information content (AvgIpc) is 3.16. The maximum absolute atomic E-state index is 12.2. The predicted molar refractivity (Wildman–Crippen MR) is 94.9 cm³/mol. The molecule has 2 heterocycles. The van der Waals surface area contributed by atoms with E-state index in [1.807, 2.05) is 24.4 Å². The van der Waals surface area contributed by atoms with Crippen molar-refractivity contribution in [2.45, 2.75) is 13.3 Å². The summed E-state index contributed by atoms with van der Waals surface area (Å²) in [5.74, 6) is 1.79. The Bertz CT molecular complexity index is 872. The number of nitrogens with one attached hydrogen (secondary N) is 1. The molecule has 0 aliphatic heterocycles. The van der Waals surface area contributed by atoms with E-state index < -0.39 is 0 Å². The van der Waals surface area contributed by atoms with Crippen LogP contribution in [-0.2, 0) is 11.2 Å². The molecule has 3 rings (SSSR count). The second-order valence-electron chi connectivity index (χ2n) is 5.10. The zero-order valence-corrected chi connectivity index (χ0v) is 14.7. The number of methoxy groups -OCH3 is 1. The minimum absolute atomic E-state index is 0.159. The average molecular weight is 363 g/mol. The molecule has 2 aromatic heterocycles. The van der Waals surface area contributed by atoms with Crippen LogP contribution in [0.25, 0.3) is 10.8 Å². The Morgan fingerprint density at radius 1 is 1.38 bits per heavy atom. The highest BCUT2D eigenvalue weighted by atomic mass is 35.5. The lowest BCUT2D eigenvalue weighted by molar-refractivity contribution is -0.115. The first kappa shape index (κ1) is 16.5. The summed E-state index contributed by atoms with van der Waals surface area (Å²) in [6.07, 6.45) is 0.159. The van der Waals surface area contributed by atoms with Gasteiger partial charge in [-0.05, 0) is 31.2 Å². The van der Waals surface area contributed by atoms with Gasteiger partial charge in [0.2, 0.25) is 5.91 Å². The van der Waals surface area contributed by atoms with Crippen LogP contribution in [0.1, 0.15) is 11.5 Å². The summed E-state index contributed by atoms with van der Waals surface area (Å²) in [5, 5.41) is 5.85. The van der Waals surface area contributed by atoms with Crippen LogP contribution in [-0.4, -0.2) is 18.0 Å². The van der Waals surface area contributed by atoms with Crippen molar-refractivity contribution in [1.82, 2.24) is 4.98 Å². The molecule has 7 heteroatoms. The molecule has 0 aliphatic rings. The third-order valence-electron chi connectivity index (χ3n) is 3.29. The normalized spacial score (nSPS) is 10.6. The molecule has 0 radical (unpaired) electrons. The Balaban J connectivity index is 1.70. The lowest BCUT2D eigenvalue weighted by Gasteiger charge is -2.10. The van der Waals surface area contributed by atoms with Crippen molar-refractivity contribution >= 4 is 34.5 Å². The van der Waals surface area contributed by atoms with Crippen LogP contribution in [0.4, 0.5) is 5.69 Å². The zero-order chi connectivity index (χ0) is 17.1. The summed E-state index contributed by atoms with van der Waals surface area (Å²) < 4.78 is 10.8. The van der Waals surface area contributed by atoms with Crippen LogP contribution in [0.3, 0.4) is 0 Å². The molecule has 0 saturated carbocycles. The molecule has 1 N–H and O–H groups in total. The van der Waals surface area contributed by atoms with E-state index in [4.69, 9.17) is 20.8 Å². The molecular formula is C17H15ClN2O3S. The van der Waals surface area contributed by atoms with E-state index in [-0.39, 0.29) is 12.3 Å². The number of amides is 1.